The number of hydrogen-bond donors (Lipinski definition) is 2. The smallest absolute Gasteiger partial charge is 0.272 e. The molecule has 0 spiro atoms. The van der Waals surface area contributed by atoms with Crippen molar-refractivity contribution in [1.82, 2.24) is 10.3 Å². The molecule has 5 heteroatoms. The SMILES string of the molecule is CC(NC(=O)c1ncccc1N)c1ccc(F)cc1. The predicted molar refractivity (Wildman–Crippen MR) is 70.9 cm³/mol. The molecule has 2 aromatic rings. The van der Waals surface area contributed by atoms with Crippen molar-refractivity contribution in [3.05, 3.63) is 59.7 Å². The molecule has 1 heterocycles. The summed E-state index contributed by atoms with van der Waals surface area (Å²) in [6.45, 7) is 1.81. The number of carbonyl (C=O) groups is 1. The van der Waals surface area contributed by atoms with Crippen molar-refractivity contribution in [2.24, 2.45) is 0 Å². The number of pyridine rings is 1. The quantitative estimate of drug-likeness (QED) is 0.888. The number of halogens is 1. The van der Waals surface area contributed by atoms with Crippen LogP contribution in [0.1, 0.15) is 29.0 Å². The summed E-state index contributed by atoms with van der Waals surface area (Å²) in [6.07, 6.45) is 1.51. The van der Waals surface area contributed by atoms with Gasteiger partial charge in [0.25, 0.3) is 5.91 Å². The second kappa shape index (κ2) is 5.48. The monoisotopic (exact) mass is 259 g/mol. The first-order valence-electron chi connectivity index (χ1n) is 5.84. The third kappa shape index (κ3) is 3.07. The fourth-order valence-corrected chi connectivity index (χ4v) is 1.71. The number of benzene rings is 1. The number of hydrogen-bond acceptors (Lipinski definition) is 3. The van der Waals surface area contributed by atoms with Gasteiger partial charge >= 0.3 is 0 Å². The van der Waals surface area contributed by atoms with Gasteiger partial charge in [0, 0.05) is 6.20 Å². The van der Waals surface area contributed by atoms with Gasteiger partial charge in [-0.1, -0.05) is 12.1 Å². The van der Waals surface area contributed by atoms with Gasteiger partial charge in [0.2, 0.25) is 0 Å². The minimum Gasteiger partial charge on any atom is -0.397 e. The second-order valence-corrected chi connectivity index (χ2v) is 4.19. The Balaban J connectivity index is 2.11. The highest BCUT2D eigenvalue weighted by molar-refractivity contribution is 5.97. The van der Waals surface area contributed by atoms with Crippen LogP contribution < -0.4 is 11.1 Å². The summed E-state index contributed by atoms with van der Waals surface area (Å²) >= 11 is 0. The molecule has 0 saturated carbocycles. The summed E-state index contributed by atoms with van der Waals surface area (Å²) in [6, 6.07) is 8.99. The average molecular weight is 259 g/mol. The maximum absolute atomic E-state index is 12.8. The Morgan fingerprint density at radius 3 is 2.63 bits per heavy atom. The van der Waals surface area contributed by atoms with Gasteiger partial charge in [-0.2, -0.15) is 0 Å². The van der Waals surface area contributed by atoms with E-state index in [1.807, 2.05) is 6.92 Å². The molecule has 2 rings (SSSR count). The fourth-order valence-electron chi connectivity index (χ4n) is 1.71. The van der Waals surface area contributed by atoms with E-state index in [0.29, 0.717) is 5.69 Å². The number of nitrogen functional groups attached to an aromatic ring is 1. The van der Waals surface area contributed by atoms with Gasteiger partial charge in [0.15, 0.2) is 5.69 Å². The molecular weight excluding hydrogens is 245 g/mol. The Morgan fingerprint density at radius 2 is 2.00 bits per heavy atom. The number of nitrogens with two attached hydrogens (primary N) is 1. The van der Waals surface area contributed by atoms with Crippen molar-refractivity contribution < 1.29 is 9.18 Å². The van der Waals surface area contributed by atoms with Crippen molar-refractivity contribution in [3.63, 3.8) is 0 Å². The largest absolute Gasteiger partial charge is 0.397 e. The summed E-state index contributed by atoms with van der Waals surface area (Å²) in [7, 11) is 0. The lowest BCUT2D eigenvalue weighted by molar-refractivity contribution is 0.0936. The number of aromatic nitrogens is 1. The van der Waals surface area contributed by atoms with Crippen LogP contribution in [0.25, 0.3) is 0 Å². The Hall–Kier alpha value is -2.43. The molecule has 1 amide bonds. The average Bonchev–Trinajstić information content (AvgIpc) is 2.39. The minimum atomic E-state index is -0.352. The zero-order chi connectivity index (χ0) is 13.8. The first-order valence-corrected chi connectivity index (χ1v) is 5.84. The van der Waals surface area contributed by atoms with Gasteiger partial charge in [-0.3, -0.25) is 4.79 Å². The topological polar surface area (TPSA) is 68.0 Å². The van der Waals surface area contributed by atoms with Crippen LogP contribution in [0, 0.1) is 5.82 Å². The molecule has 0 bridgehead atoms. The van der Waals surface area contributed by atoms with Crippen molar-refractivity contribution in [3.8, 4) is 0 Å². The van der Waals surface area contributed by atoms with E-state index in [0.717, 1.165) is 5.56 Å². The van der Waals surface area contributed by atoms with Crippen molar-refractivity contribution in [2.45, 2.75) is 13.0 Å². The third-order valence-electron chi connectivity index (χ3n) is 2.77. The Labute approximate surface area is 110 Å². The normalized spacial score (nSPS) is 11.9. The lowest BCUT2D eigenvalue weighted by atomic mass is 10.1. The third-order valence-corrected chi connectivity index (χ3v) is 2.77. The molecule has 1 aromatic carbocycles. The van der Waals surface area contributed by atoms with Crippen molar-refractivity contribution in [2.75, 3.05) is 5.73 Å². The maximum Gasteiger partial charge on any atom is 0.272 e. The van der Waals surface area contributed by atoms with Crippen LogP contribution in [0.5, 0.6) is 0 Å². The summed E-state index contributed by atoms with van der Waals surface area (Å²) < 4.78 is 12.8. The van der Waals surface area contributed by atoms with Gasteiger partial charge in [-0.05, 0) is 36.8 Å². The lowest BCUT2D eigenvalue weighted by Gasteiger charge is -2.14. The molecule has 0 aliphatic carbocycles. The van der Waals surface area contributed by atoms with E-state index in [-0.39, 0.29) is 23.5 Å². The van der Waals surface area contributed by atoms with Crippen LogP contribution in [0.15, 0.2) is 42.6 Å². The molecule has 3 N–H and O–H groups in total. The van der Waals surface area contributed by atoms with Crippen LogP contribution in [-0.2, 0) is 0 Å². The van der Waals surface area contributed by atoms with E-state index < -0.39 is 0 Å². The van der Waals surface area contributed by atoms with Crippen LogP contribution in [0.2, 0.25) is 0 Å². The van der Waals surface area contributed by atoms with E-state index in [2.05, 4.69) is 10.3 Å². The number of amides is 1. The highest BCUT2D eigenvalue weighted by Gasteiger charge is 2.14. The first-order chi connectivity index (χ1) is 9.08. The molecule has 0 fully saturated rings. The molecular formula is C14H14FN3O. The number of nitrogens with zero attached hydrogens (tertiary/aromatic N) is 1. The number of rotatable bonds is 3. The summed E-state index contributed by atoms with van der Waals surface area (Å²) in [5.41, 5.74) is 7.01. The van der Waals surface area contributed by atoms with Crippen molar-refractivity contribution >= 4 is 11.6 Å². The number of nitrogens with one attached hydrogen (secondary N) is 1. The van der Waals surface area contributed by atoms with E-state index in [1.165, 1.54) is 18.3 Å². The predicted octanol–water partition coefficient (Wildman–Crippen LogP) is 2.29. The molecule has 0 aliphatic heterocycles. The second-order valence-electron chi connectivity index (χ2n) is 4.19. The van der Waals surface area contributed by atoms with Gasteiger partial charge in [0.05, 0.1) is 11.7 Å². The van der Waals surface area contributed by atoms with Crippen LogP contribution >= 0.6 is 0 Å². The van der Waals surface area contributed by atoms with E-state index in [1.54, 1.807) is 24.3 Å². The Bertz CT molecular complexity index is 583. The Morgan fingerprint density at radius 1 is 1.32 bits per heavy atom. The van der Waals surface area contributed by atoms with Crippen LogP contribution in [0.3, 0.4) is 0 Å². The van der Waals surface area contributed by atoms with E-state index in [9.17, 15) is 9.18 Å². The van der Waals surface area contributed by atoms with Gasteiger partial charge in [-0.25, -0.2) is 9.37 Å². The van der Waals surface area contributed by atoms with Crippen LogP contribution in [-0.4, -0.2) is 10.9 Å². The van der Waals surface area contributed by atoms with Gasteiger partial charge in [0.1, 0.15) is 5.82 Å². The summed E-state index contributed by atoms with van der Waals surface area (Å²) in [5.74, 6) is -0.661. The first kappa shape index (κ1) is 13.0. The van der Waals surface area contributed by atoms with Gasteiger partial charge < -0.3 is 11.1 Å². The summed E-state index contributed by atoms with van der Waals surface area (Å²) in [5, 5.41) is 2.77. The number of carbonyl (C=O) groups excluding carboxylic acids is 1. The minimum absolute atomic E-state index is 0.191. The molecule has 0 saturated heterocycles. The highest BCUT2D eigenvalue weighted by atomic mass is 19.1. The zero-order valence-electron chi connectivity index (χ0n) is 10.4. The molecule has 1 unspecified atom stereocenters. The lowest BCUT2D eigenvalue weighted by Crippen LogP contribution is -2.28. The van der Waals surface area contributed by atoms with E-state index in [4.69, 9.17) is 5.73 Å². The number of anilines is 1. The van der Waals surface area contributed by atoms with E-state index >= 15 is 0 Å². The Kier molecular flexibility index (Phi) is 3.75. The zero-order valence-corrected chi connectivity index (χ0v) is 10.4. The van der Waals surface area contributed by atoms with Crippen LogP contribution in [0.4, 0.5) is 10.1 Å². The molecule has 19 heavy (non-hydrogen) atoms. The fraction of sp³-hybridized carbons (Fsp3) is 0.143. The molecule has 4 nitrogen and oxygen atoms in total. The maximum atomic E-state index is 12.8. The molecule has 0 aliphatic rings. The molecule has 1 aromatic heterocycles. The van der Waals surface area contributed by atoms with Crippen molar-refractivity contribution in [1.29, 1.82) is 0 Å². The molecule has 0 radical (unpaired) electrons. The van der Waals surface area contributed by atoms with Gasteiger partial charge in [-0.15, -0.1) is 0 Å². The molecule has 98 valence electrons. The highest BCUT2D eigenvalue weighted by Crippen LogP contribution is 2.14. The summed E-state index contributed by atoms with van der Waals surface area (Å²) in [4.78, 5) is 15.9. The standard InChI is InChI=1S/C14H14FN3O/c1-9(10-4-6-11(15)7-5-10)18-14(19)13-12(16)3-2-8-17-13/h2-9H,16H2,1H3,(H,18,19). The molecule has 1 atom stereocenters.